The number of hydrogen-bond donors (Lipinski definition) is 2. The third kappa shape index (κ3) is 2.70. The normalized spacial score (nSPS) is 18.1. The Morgan fingerprint density at radius 1 is 1.21 bits per heavy atom. The van der Waals surface area contributed by atoms with Crippen LogP contribution in [0.5, 0.6) is 0 Å². The van der Waals surface area contributed by atoms with Gasteiger partial charge >= 0.3 is 5.97 Å². The number of aliphatic carboxylic acids is 1. The van der Waals surface area contributed by atoms with E-state index >= 15 is 0 Å². The average Bonchev–Trinajstić information content (AvgIpc) is 2.39. The molecule has 1 amide bonds. The summed E-state index contributed by atoms with van der Waals surface area (Å²) in [6, 6.07) is 7.10. The number of piperidine rings is 1. The molecular formula is C14H18N2O3. The molecule has 0 bridgehead atoms. The predicted octanol–water partition coefficient (Wildman–Crippen LogP) is 1.48. The van der Waals surface area contributed by atoms with E-state index in [2.05, 4.69) is 4.90 Å². The van der Waals surface area contributed by atoms with Gasteiger partial charge in [0.1, 0.15) is 0 Å². The zero-order valence-corrected chi connectivity index (χ0v) is 10.9. The lowest BCUT2D eigenvalue weighted by molar-refractivity contribution is -0.149. The number of amides is 1. The van der Waals surface area contributed by atoms with E-state index in [4.69, 9.17) is 5.73 Å². The van der Waals surface area contributed by atoms with Crippen molar-refractivity contribution in [1.29, 1.82) is 0 Å². The molecule has 1 aliphatic heterocycles. The van der Waals surface area contributed by atoms with E-state index in [9.17, 15) is 14.7 Å². The highest BCUT2D eigenvalue weighted by atomic mass is 16.4. The van der Waals surface area contributed by atoms with Crippen LogP contribution in [0.3, 0.4) is 0 Å². The Balaban J connectivity index is 2.05. The molecule has 0 saturated carbocycles. The summed E-state index contributed by atoms with van der Waals surface area (Å²) in [7, 11) is 0. The summed E-state index contributed by atoms with van der Waals surface area (Å²) in [5, 5.41) is 9.18. The van der Waals surface area contributed by atoms with Gasteiger partial charge in [0.2, 0.25) is 5.91 Å². The Kier molecular flexibility index (Phi) is 3.46. The van der Waals surface area contributed by atoms with E-state index in [1.165, 1.54) is 0 Å². The van der Waals surface area contributed by atoms with Gasteiger partial charge in [-0.1, -0.05) is 0 Å². The number of anilines is 1. The smallest absolute Gasteiger partial charge is 0.309 e. The minimum atomic E-state index is -0.726. The molecule has 1 aromatic carbocycles. The van der Waals surface area contributed by atoms with Gasteiger partial charge in [0, 0.05) is 24.3 Å². The minimum Gasteiger partial charge on any atom is -0.481 e. The number of hydrogen-bond acceptors (Lipinski definition) is 3. The van der Waals surface area contributed by atoms with Crippen molar-refractivity contribution < 1.29 is 14.7 Å². The third-order valence-corrected chi connectivity index (χ3v) is 3.90. The number of benzene rings is 1. The molecule has 0 spiro atoms. The van der Waals surface area contributed by atoms with Gasteiger partial charge in [-0.15, -0.1) is 0 Å². The SMILES string of the molecule is CC1(C(=O)O)CCN(c2ccc(C(N)=O)cc2)CC1. The third-order valence-electron chi connectivity index (χ3n) is 3.90. The number of nitrogens with zero attached hydrogens (tertiary/aromatic N) is 1. The molecule has 102 valence electrons. The fraction of sp³-hybridized carbons (Fsp3) is 0.429. The molecule has 1 aliphatic rings. The Morgan fingerprint density at radius 3 is 2.16 bits per heavy atom. The van der Waals surface area contributed by atoms with Gasteiger partial charge in [0.25, 0.3) is 0 Å². The number of nitrogens with two attached hydrogens (primary N) is 1. The molecule has 19 heavy (non-hydrogen) atoms. The molecule has 0 aromatic heterocycles. The van der Waals surface area contributed by atoms with Crippen LogP contribution < -0.4 is 10.6 Å². The Labute approximate surface area is 112 Å². The van der Waals surface area contributed by atoms with Crippen molar-refractivity contribution >= 4 is 17.6 Å². The van der Waals surface area contributed by atoms with E-state index in [-0.39, 0.29) is 0 Å². The van der Waals surface area contributed by atoms with Crippen molar-refractivity contribution in [2.45, 2.75) is 19.8 Å². The minimum absolute atomic E-state index is 0.441. The van der Waals surface area contributed by atoms with Crippen LogP contribution in [-0.4, -0.2) is 30.1 Å². The van der Waals surface area contributed by atoms with E-state index in [0.29, 0.717) is 31.5 Å². The molecule has 2 rings (SSSR count). The van der Waals surface area contributed by atoms with Crippen LogP contribution >= 0.6 is 0 Å². The quantitative estimate of drug-likeness (QED) is 0.864. The summed E-state index contributed by atoms with van der Waals surface area (Å²) in [4.78, 5) is 24.3. The molecule has 5 nitrogen and oxygen atoms in total. The molecular weight excluding hydrogens is 244 g/mol. The van der Waals surface area contributed by atoms with Crippen molar-refractivity contribution in [3.63, 3.8) is 0 Å². The number of carboxylic acid groups (broad SMARTS) is 1. The molecule has 1 heterocycles. The van der Waals surface area contributed by atoms with Crippen molar-refractivity contribution in [3.05, 3.63) is 29.8 Å². The van der Waals surface area contributed by atoms with Crippen LogP contribution in [0.15, 0.2) is 24.3 Å². The predicted molar refractivity (Wildman–Crippen MR) is 72.1 cm³/mol. The van der Waals surface area contributed by atoms with Crippen LogP contribution in [0.25, 0.3) is 0 Å². The second kappa shape index (κ2) is 4.91. The molecule has 0 aliphatic carbocycles. The van der Waals surface area contributed by atoms with E-state index < -0.39 is 17.3 Å². The monoisotopic (exact) mass is 262 g/mol. The fourth-order valence-electron chi connectivity index (χ4n) is 2.31. The van der Waals surface area contributed by atoms with E-state index in [1.54, 1.807) is 19.1 Å². The molecule has 1 saturated heterocycles. The first-order valence-corrected chi connectivity index (χ1v) is 6.31. The molecule has 3 N–H and O–H groups in total. The highest BCUT2D eigenvalue weighted by molar-refractivity contribution is 5.93. The molecule has 0 radical (unpaired) electrons. The fourth-order valence-corrected chi connectivity index (χ4v) is 2.31. The molecule has 0 unspecified atom stereocenters. The lowest BCUT2D eigenvalue weighted by atomic mass is 9.80. The standard InChI is InChI=1S/C14H18N2O3/c1-14(13(18)19)6-8-16(9-7-14)11-4-2-10(3-5-11)12(15)17/h2-5H,6-9H2,1H3,(H2,15,17)(H,18,19). The first-order valence-electron chi connectivity index (χ1n) is 6.31. The zero-order chi connectivity index (χ0) is 14.0. The van der Waals surface area contributed by atoms with Crippen LogP contribution in [0.1, 0.15) is 30.1 Å². The highest BCUT2D eigenvalue weighted by Gasteiger charge is 2.36. The van der Waals surface area contributed by atoms with E-state index in [0.717, 1.165) is 5.69 Å². The van der Waals surface area contributed by atoms with Gasteiger partial charge in [-0.2, -0.15) is 0 Å². The summed E-state index contributed by atoms with van der Waals surface area (Å²) in [6.45, 7) is 3.21. The van der Waals surface area contributed by atoms with Crippen LogP contribution in [0, 0.1) is 5.41 Å². The molecule has 1 aromatic rings. The Hall–Kier alpha value is -2.04. The van der Waals surface area contributed by atoms with Crippen molar-refractivity contribution in [2.75, 3.05) is 18.0 Å². The summed E-state index contributed by atoms with van der Waals surface area (Å²) < 4.78 is 0. The van der Waals surface area contributed by atoms with Crippen LogP contribution in [-0.2, 0) is 4.79 Å². The van der Waals surface area contributed by atoms with E-state index in [1.807, 2.05) is 12.1 Å². The second-order valence-corrected chi connectivity index (χ2v) is 5.26. The number of primary amides is 1. The Bertz CT molecular complexity index is 488. The van der Waals surface area contributed by atoms with Crippen molar-refractivity contribution in [3.8, 4) is 0 Å². The van der Waals surface area contributed by atoms with Crippen LogP contribution in [0.4, 0.5) is 5.69 Å². The van der Waals surface area contributed by atoms with Gasteiger partial charge in [-0.3, -0.25) is 9.59 Å². The lowest BCUT2D eigenvalue weighted by Crippen LogP contribution is -2.42. The van der Waals surface area contributed by atoms with Gasteiger partial charge in [0.05, 0.1) is 5.41 Å². The molecule has 1 fully saturated rings. The van der Waals surface area contributed by atoms with Gasteiger partial charge in [-0.25, -0.2) is 0 Å². The van der Waals surface area contributed by atoms with Crippen molar-refractivity contribution in [2.24, 2.45) is 11.1 Å². The summed E-state index contributed by atoms with van der Waals surface area (Å²) >= 11 is 0. The largest absolute Gasteiger partial charge is 0.481 e. The lowest BCUT2D eigenvalue weighted by Gasteiger charge is -2.37. The van der Waals surface area contributed by atoms with Gasteiger partial charge in [0.15, 0.2) is 0 Å². The first-order chi connectivity index (χ1) is 8.92. The second-order valence-electron chi connectivity index (χ2n) is 5.26. The average molecular weight is 262 g/mol. The summed E-state index contributed by atoms with van der Waals surface area (Å²) in [5.41, 5.74) is 6.05. The van der Waals surface area contributed by atoms with Crippen molar-refractivity contribution in [1.82, 2.24) is 0 Å². The summed E-state index contributed by atoms with van der Waals surface area (Å²) in [6.07, 6.45) is 1.25. The van der Waals surface area contributed by atoms with Crippen LogP contribution in [0.2, 0.25) is 0 Å². The molecule has 5 heteroatoms. The maximum Gasteiger partial charge on any atom is 0.309 e. The zero-order valence-electron chi connectivity index (χ0n) is 10.9. The summed E-state index contributed by atoms with van der Waals surface area (Å²) in [5.74, 6) is -1.17. The maximum atomic E-state index is 11.2. The maximum absolute atomic E-state index is 11.2. The topological polar surface area (TPSA) is 83.6 Å². The highest BCUT2D eigenvalue weighted by Crippen LogP contribution is 2.33. The Morgan fingerprint density at radius 2 is 1.74 bits per heavy atom. The first kappa shape index (κ1) is 13.4. The van der Waals surface area contributed by atoms with Gasteiger partial charge in [-0.05, 0) is 44.0 Å². The number of rotatable bonds is 3. The number of carbonyl (C=O) groups excluding carboxylic acids is 1. The molecule has 0 atom stereocenters. The number of carbonyl (C=O) groups is 2. The number of carboxylic acids is 1. The van der Waals surface area contributed by atoms with Gasteiger partial charge < -0.3 is 15.7 Å².